The van der Waals surface area contributed by atoms with E-state index in [0.717, 1.165) is 42.1 Å². The first kappa shape index (κ1) is 20.9. The van der Waals surface area contributed by atoms with Crippen molar-refractivity contribution >= 4 is 11.6 Å². The van der Waals surface area contributed by atoms with Gasteiger partial charge in [-0.05, 0) is 53.8 Å². The molecule has 160 valence electrons. The van der Waals surface area contributed by atoms with Gasteiger partial charge in [-0.25, -0.2) is 0 Å². The van der Waals surface area contributed by atoms with Gasteiger partial charge in [0.1, 0.15) is 11.5 Å². The van der Waals surface area contributed by atoms with Crippen molar-refractivity contribution in [2.75, 3.05) is 19.0 Å². The summed E-state index contributed by atoms with van der Waals surface area (Å²) >= 11 is 0. The molecule has 5 heteroatoms. The zero-order valence-corrected chi connectivity index (χ0v) is 17.8. The molecule has 0 saturated heterocycles. The maximum atomic E-state index is 12.5. The van der Waals surface area contributed by atoms with Gasteiger partial charge in [0, 0.05) is 37.3 Å². The Labute approximate surface area is 183 Å². The summed E-state index contributed by atoms with van der Waals surface area (Å²) in [6.07, 6.45) is 2.00. The monoisotopic (exact) mass is 416 g/mol. The van der Waals surface area contributed by atoms with E-state index >= 15 is 0 Å². The highest BCUT2D eigenvalue weighted by molar-refractivity contribution is 5.91. The maximum Gasteiger partial charge on any atom is 0.224 e. The number of aromatic hydroxyl groups is 1. The summed E-state index contributed by atoms with van der Waals surface area (Å²) in [6.45, 7) is 2.46. The van der Waals surface area contributed by atoms with Crippen molar-refractivity contribution in [1.82, 2.24) is 4.90 Å². The summed E-state index contributed by atoms with van der Waals surface area (Å²) < 4.78 is 5.37. The molecule has 0 fully saturated rings. The Kier molecular flexibility index (Phi) is 6.53. The minimum atomic E-state index is -0.00673. The zero-order chi connectivity index (χ0) is 21.6. The molecular weight excluding hydrogens is 388 g/mol. The quantitative estimate of drug-likeness (QED) is 0.594. The lowest BCUT2D eigenvalue weighted by molar-refractivity contribution is -0.116. The van der Waals surface area contributed by atoms with Gasteiger partial charge in [-0.1, -0.05) is 42.5 Å². The van der Waals surface area contributed by atoms with Crippen LogP contribution in [0.3, 0.4) is 0 Å². The van der Waals surface area contributed by atoms with Crippen LogP contribution < -0.4 is 10.1 Å². The highest BCUT2D eigenvalue weighted by Gasteiger charge is 2.18. The van der Waals surface area contributed by atoms with Crippen molar-refractivity contribution in [3.8, 4) is 11.5 Å². The van der Waals surface area contributed by atoms with E-state index in [2.05, 4.69) is 22.3 Å². The molecule has 5 nitrogen and oxygen atoms in total. The van der Waals surface area contributed by atoms with Crippen molar-refractivity contribution in [2.24, 2.45) is 0 Å². The van der Waals surface area contributed by atoms with Crippen LogP contribution >= 0.6 is 0 Å². The zero-order valence-electron chi connectivity index (χ0n) is 17.8. The number of carbonyl (C=O) groups excluding carboxylic acids is 1. The number of nitrogens with zero attached hydrogens (tertiary/aromatic N) is 1. The topological polar surface area (TPSA) is 61.8 Å². The second-order valence-electron chi connectivity index (χ2n) is 7.93. The minimum Gasteiger partial charge on any atom is -0.508 e. The molecule has 0 unspecified atom stereocenters. The Morgan fingerprint density at radius 1 is 1.03 bits per heavy atom. The van der Waals surface area contributed by atoms with Gasteiger partial charge in [0.15, 0.2) is 0 Å². The largest absolute Gasteiger partial charge is 0.508 e. The molecule has 0 spiro atoms. The third-order valence-corrected chi connectivity index (χ3v) is 5.78. The van der Waals surface area contributed by atoms with E-state index in [0.29, 0.717) is 25.1 Å². The van der Waals surface area contributed by atoms with E-state index in [4.69, 9.17) is 4.74 Å². The average Bonchev–Trinajstić information content (AvgIpc) is 2.79. The van der Waals surface area contributed by atoms with E-state index in [9.17, 15) is 9.90 Å². The SMILES string of the molecule is COc1ccccc1CCC(=O)Nc1ccc2c(c1)CN(Cc1ccccc1O)CC2. The number of fused-ring (bicyclic) bond motifs is 1. The molecular formula is C26H28N2O3. The van der Waals surface area contributed by atoms with Crippen LogP contribution in [0.1, 0.15) is 28.7 Å². The van der Waals surface area contributed by atoms with Gasteiger partial charge in [-0.15, -0.1) is 0 Å². The lowest BCUT2D eigenvalue weighted by Crippen LogP contribution is -2.30. The summed E-state index contributed by atoms with van der Waals surface area (Å²) in [6, 6.07) is 21.4. The summed E-state index contributed by atoms with van der Waals surface area (Å²) in [5.41, 5.74) is 5.34. The molecule has 0 bridgehead atoms. The fourth-order valence-corrected chi connectivity index (χ4v) is 4.09. The molecule has 0 aromatic heterocycles. The second kappa shape index (κ2) is 9.67. The third kappa shape index (κ3) is 5.25. The molecule has 31 heavy (non-hydrogen) atoms. The predicted molar refractivity (Wildman–Crippen MR) is 122 cm³/mol. The first-order valence-corrected chi connectivity index (χ1v) is 10.6. The number of carbonyl (C=O) groups is 1. The summed E-state index contributed by atoms with van der Waals surface area (Å²) in [5.74, 6) is 1.14. The molecule has 3 aromatic carbocycles. The number of phenolic OH excluding ortho intramolecular Hbond substituents is 1. The molecule has 1 amide bonds. The van der Waals surface area contributed by atoms with Crippen molar-refractivity contribution in [2.45, 2.75) is 32.4 Å². The maximum absolute atomic E-state index is 12.5. The Morgan fingerprint density at radius 3 is 2.61 bits per heavy atom. The number of aryl methyl sites for hydroxylation is 1. The fourth-order valence-electron chi connectivity index (χ4n) is 4.09. The van der Waals surface area contributed by atoms with Gasteiger partial charge in [-0.3, -0.25) is 9.69 Å². The number of benzene rings is 3. The van der Waals surface area contributed by atoms with E-state index < -0.39 is 0 Å². The first-order chi connectivity index (χ1) is 15.1. The number of nitrogens with one attached hydrogen (secondary N) is 1. The average molecular weight is 417 g/mol. The second-order valence-corrected chi connectivity index (χ2v) is 7.93. The molecule has 0 atom stereocenters. The molecule has 0 radical (unpaired) electrons. The lowest BCUT2D eigenvalue weighted by Gasteiger charge is -2.29. The van der Waals surface area contributed by atoms with Crippen LogP contribution in [0.25, 0.3) is 0 Å². The van der Waals surface area contributed by atoms with Crippen LogP contribution in [-0.2, 0) is 30.7 Å². The summed E-state index contributed by atoms with van der Waals surface area (Å²) in [5, 5.41) is 13.1. The molecule has 1 aliphatic rings. The van der Waals surface area contributed by atoms with Crippen LogP contribution in [-0.4, -0.2) is 29.6 Å². The van der Waals surface area contributed by atoms with E-state index in [1.165, 1.54) is 11.1 Å². The smallest absolute Gasteiger partial charge is 0.224 e. The highest BCUT2D eigenvalue weighted by Crippen LogP contribution is 2.26. The van der Waals surface area contributed by atoms with Crippen LogP contribution in [0.15, 0.2) is 66.7 Å². The van der Waals surface area contributed by atoms with Crippen LogP contribution in [0.4, 0.5) is 5.69 Å². The summed E-state index contributed by atoms with van der Waals surface area (Å²) in [7, 11) is 1.65. The Bertz CT molecular complexity index is 1060. The van der Waals surface area contributed by atoms with Crippen molar-refractivity contribution in [3.05, 3.63) is 89.0 Å². The molecule has 1 heterocycles. The van der Waals surface area contributed by atoms with Crippen molar-refractivity contribution < 1.29 is 14.6 Å². The normalized spacial score (nSPS) is 13.5. The van der Waals surface area contributed by atoms with Crippen molar-refractivity contribution in [1.29, 1.82) is 0 Å². The molecule has 3 aromatic rings. The Hall–Kier alpha value is -3.31. The van der Waals surface area contributed by atoms with Crippen LogP contribution in [0.2, 0.25) is 0 Å². The fraction of sp³-hybridized carbons (Fsp3) is 0.269. The number of rotatable bonds is 7. The predicted octanol–water partition coefficient (Wildman–Crippen LogP) is 4.53. The van der Waals surface area contributed by atoms with Gasteiger partial charge < -0.3 is 15.2 Å². The molecule has 4 rings (SSSR count). The van der Waals surface area contributed by atoms with Gasteiger partial charge in [0.2, 0.25) is 5.91 Å². The van der Waals surface area contributed by atoms with Crippen LogP contribution in [0.5, 0.6) is 11.5 Å². The van der Waals surface area contributed by atoms with Gasteiger partial charge in [0.25, 0.3) is 0 Å². The number of hydrogen-bond donors (Lipinski definition) is 2. The number of hydrogen-bond acceptors (Lipinski definition) is 4. The molecule has 1 aliphatic heterocycles. The molecule has 0 saturated carbocycles. The highest BCUT2D eigenvalue weighted by atomic mass is 16.5. The van der Waals surface area contributed by atoms with Gasteiger partial charge in [-0.2, -0.15) is 0 Å². The molecule has 0 aliphatic carbocycles. The first-order valence-electron chi connectivity index (χ1n) is 10.6. The number of ether oxygens (including phenoxy) is 1. The van der Waals surface area contributed by atoms with Crippen molar-refractivity contribution in [3.63, 3.8) is 0 Å². The minimum absolute atomic E-state index is 0.00673. The number of methoxy groups -OCH3 is 1. The number of para-hydroxylation sites is 2. The van der Waals surface area contributed by atoms with E-state index in [-0.39, 0.29) is 5.91 Å². The Balaban J connectivity index is 1.37. The molecule has 2 N–H and O–H groups in total. The standard InChI is InChI=1S/C26H28N2O3/c1-31-25-9-5-3-6-20(25)11-13-26(30)27-23-12-10-19-14-15-28(18-22(19)16-23)17-21-7-2-4-8-24(21)29/h2-10,12,16,29H,11,13-15,17-18H2,1H3,(H,27,30). The van der Waals surface area contributed by atoms with E-state index in [1.54, 1.807) is 13.2 Å². The van der Waals surface area contributed by atoms with Gasteiger partial charge >= 0.3 is 0 Å². The third-order valence-electron chi connectivity index (χ3n) is 5.78. The summed E-state index contributed by atoms with van der Waals surface area (Å²) in [4.78, 5) is 14.8. The lowest BCUT2D eigenvalue weighted by atomic mass is 9.98. The van der Waals surface area contributed by atoms with Crippen LogP contribution in [0, 0.1) is 0 Å². The number of phenols is 1. The van der Waals surface area contributed by atoms with Gasteiger partial charge in [0.05, 0.1) is 7.11 Å². The number of anilines is 1. The Morgan fingerprint density at radius 2 is 1.81 bits per heavy atom. The number of amides is 1. The van der Waals surface area contributed by atoms with E-state index in [1.807, 2.05) is 48.5 Å².